The van der Waals surface area contributed by atoms with E-state index in [-0.39, 0.29) is 11.4 Å². The van der Waals surface area contributed by atoms with Gasteiger partial charge in [-0.15, -0.1) is 11.3 Å². The van der Waals surface area contributed by atoms with Gasteiger partial charge in [0.15, 0.2) is 0 Å². The van der Waals surface area contributed by atoms with Crippen LogP contribution in [-0.2, 0) is 28.4 Å². The van der Waals surface area contributed by atoms with E-state index in [0.29, 0.717) is 11.4 Å². The number of hydrogen-bond acceptors (Lipinski definition) is 6. The Balaban J connectivity index is 1.66. The first-order chi connectivity index (χ1) is 12.7. The van der Waals surface area contributed by atoms with Crippen molar-refractivity contribution in [1.82, 2.24) is 24.8 Å². The Morgan fingerprint density at radius 3 is 2.63 bits per heavy atom. The second-order valence-corrected chi connectivity index (χ2v) is 9.03. The highest BCUT2D eigenvalue weighted by molar-refractivity contribution is 7.89. The van der Waals surface area contributed by atoms with Crippen LogP contribution in [0.15, 0.2) is 29.2 Å². The van der Waals surface area contributed by atoms with Crippen LogP contribution in [0.1, 0.15) is 23.3 Å². The summed E-state index contributed by atoms with van der Waals surface area (Å²) in [6.07, 6.45) is 0. The summed E-state index contributed by atoms with van der Waals surface area (Å²) in [6, 6.07) is 6.79. The summed E-state index contributed by atoms with van der Waals surface area (Å²) in [7, 11) is -2.18. The fraction of sp³-hybridized carbons (Fsp3) is 0.353. The average Bonchev–Trinajstić information content (AvgIpc) is 3.12. The Labute approximate surface area is 161 Å². The van der Waals surface area contributed by atoms with Crippen LogP contribution < -0.4 is 10.0 Å². The number of nitrogens with zero attached hydrogens (tertiary/aromatic N) is 3. The maximum Gasteiger partial charge on any atom is 0.244 e. The topological polar surface area (TPSA) is 106 Å². The second-order valence-electron chi connectivity index (χ2n) is 6.26. The maximum atomic E-state index is 12.6. The van der Waals surface area contributed by atoms with Gasteiger partial charge in [-0.25, -0.2) is 13.4 Å². The number of sulfonamides is 1. The van der Waals surface area contributed by atoms with Crippen LogP contribution in [0.4, 0.5) is 0 Å². The molecular formula is C17H21N5O3S2. The van der Waals surface area contributed by atoms with E-state index < -0.39 is 22.0 Å². The molecule has 0 unspecified atom stereocenters. The molecule has 0 radical (unpaired) electrons. The van der Waals surface area contributed by atoms with Crippen molar-refractivity contribution >= 4 is 37.5 Å². The van der Waals surface area contributed by atoms with Gasteiger partial charge in [-0.05, 0) is 32.9 Å². The van der Waals surface area contributed by atoms with E-state index >= 15 is 0 Å². The molecule has 0 fully saturated rings. The van der Waals surface area contributed by atoms with Crippen molar-refractivity contribution in [3.63, 3.8) is 0 Å². The highest BCUT2D eigenvalue weighted by atomic mass is 32.2. The first-order valence-corrected chi connectivity index (χ1v) is 10.6. The van der Waals surface area contributed by atoms with E-state index in [9.17, 15) is 13.2 Å². The number of aromatic nitrogens is 3. The van der Waals surface area contributed by atoms with Gasteiger partial charge in [-0.1, -0.05) is 12.1 Å². The van der Waals surface area contributed by atoms with Crippen molar-refractivity contribution in [2.45, 2.75) is 38.3 Å². The third-order valence-corrected chi connectivity index (χ3v) is 7.02. The zero-order valence-corrected chi connectivity index (χ0v) is 17.1. The average molecular weight is 408 g/mol. The molecule has 2 heterocycles. The number of aryl methyl sites for hydroxylation is 2. The molecule has 0 saturated carbocycles. The van der Waals surface area contributed by atoms with Crippen LogP contribution in [0.5, 0.6) is 0 Å². The summed E-state index contributed by atoms with van der Waals surface area (Å²) in [5.41, 5.74) is 1.79. The molecule has 8 nitrogen and oxygen atoms in total. The Morgan fingerprint density at radius 2 is 2.00 bits per heavy atom. The number of amides is 1. The zero-order chi connectivity index (χ0) is 19.8. The lowest BCUT2D eigenvalue weighted by atomic mass is 10.3. The number of para-hydroxylation sites is 1. The van der Waals surface area contributed by atoms with Crippen molar-refractivity contribution in [1.29, 1.82) is 0 Å². The molecule has 0 aliphatic carbocycles. The van der Waals surface area contributed by atoms with Gasteiger partial charge in [0.1, 0.15) is 9.90 Å². The van der Waals surface area contributed by atoms with Crippen LogP contribution in [0.2, 0.25) is 0 Å². The van der Waals surface area contributed by atoms with Gasteiger partial charge >= 0.3 is 0 Å². The van der Waals surface area contributed by atoms with Crippen molar-refractivity contribution in [2.24, 2.45) is 7.05 Å². The number of hydrogen-bond donors (Lipinski definition) is 2. The first kappa shape index (κ1) is 19.5. The van der Waals surface area contributed by atoms with Crippen LogP contribution in [-0.4, -0.2) is 35.1 Å². The van der Waals surface area contributed by atoms with E-state index in [1.54, 1.807) is 20.9 Å². The van der Waals surface area contributed by atoms with Crippen molar-refractivity contribution in [3.8, 4) is 0 Å². The minimum atomic E-state index is -3.86. The first-order valence-electron chi connectivity index (χ1n) is 8.33. The van der Waals surface area contributed by atoms with Gasteiger partial charge in [0.05, 0.1) is 34.2 Å². The molecule has 144 valence electrons. The molecule has 1 atom stereocenters. The molecule has 0 saturated heterocycles. The highest BCUT2D eigenvalue weighted by Gasteiger charge is 2.27. The molecular weight excluding hydrogens is 386 g/mol. The molecule has 0 bridgehead atoms. The molecule has 3 aromatic rings. The molecule has 3 rings (SSSR count). The summed E-state index contributed by atoms with van der Waals surface area (Å²) < 4.78 is 30.2. The summed E-state index contributed by atoms with van der Waals surface area (Å²) in [4.78, 5) is 16.9. The number of nitrogens with one attached hydrogen (secondary N) is 2. The van der Waals surface area contributed by atoms with Crippen LogP contribution in [0.25, 0.3) is 10.2 Å². The minimum Gasteiger partial charge on any atom is -0.348 e. The molecule has 0 aliphatic heterocycles. The predicted molar refractivity (Wildman–Crippen MR) is 104 cm³/mol. The zero-order valence-electron chi connectivity index (χ0n) is 15.5. The normalized spacial score (nSPS) is 13.0. The molecule has 0 spiro atoms. The Hall–Kier alpha value is -2.30. The lowest BCUT2D eigenvalue weighted by Gasteiger charge is -2.14. The second kappa shape index (κ2) is 7.37. The van der Waals surface area contributed by atoms with Crippen LogP contribution >= 0.6 is 11.3 Å². The van der Waals surface area contributed by atoms with Gasteiger partial charge in [-0.2, -0.15) is 9.82 Å². The number of carbonyl (C=O) groups is 1. The van der Waals surface area contributed by atoms with E-state index in [1.807, 2.05) is 24.3 Å². The number of benzene rings is 1. The van der Waals surface area contributed by atoms with Gasteiger partial charge in [0, 0.05) is 7.05 Å². The summed E-state index contributed by atoms with van der Waals surface area (Å²) in [6.45, 7) is 5.05. The van der Waals surface area contributed by atoms with E-state index in [4.69, 9.17) is 0 Å². The number of carbonyl (C=O) groups excluding carboxylic acids is 1. The van der Waals surface area contributed by atoms with Crippen LogP contribution in [0.3, 0.4) is 0 Å². The standard InChI is InChI=1S/C17H21N5O3S2/c1-10-16(12(3)22(4)20-10)27(24,25)21-11(2)17(23)18-9-15-19-13-7-5-6-8-14(13)26-15/h5-8,11,21H,9H2,1-4H3,(H,18,23)/t11-/m1/s1. The van der Waals surface area contributed by atoms with Crippen LogP contribution in [0, 0.1) is 13.8 Å². The molecule has 1 aromatic carbocycles. The van der Waals surface area contributed by atoms with Crippen molar-refractivity contribution in [3.05, 3.63) is 40.7 Å². The van der Waals surface area contributed by atoms with E-state index in [2.05, 4.69) is 20.1 Å². The number of fused-ring (bicyclic) bond motifs is 1. The molecule has 27 heavy (non-hydrogen) atoms. The van der Waals surface area contributed by atoms with Gasteiger partial charge in [0.25, 0.3) is 0 Å². The summed E-state index contributed by atoms with van der Waals surface area (Å²) in [5, 5.41) is 7.61. The molecule has 2 aromatic heterocycles. The van der Waals surface area contributed by atoms with Gasteiger partial charge in [-0.3, -0.25) is 9.48 Å². The molecule has 2 N–H and O–H groups in total. The molecule has 10 heteroatoms. The lowest BCUT2D eigenvalue weighted by Crippen LogP contribution is -2.44. The Morgan fingerprint density at radius 1 is 1.30 bits per heavy atom. The fourth-order valence-corrected chi connectivity index (χ4v) is 5.35. The quantitative estimate of drug-likeness (QED) is 0.646. The SMILES string of the molecule is Cc1nn(C)c(C)c1S(=O)(=O)N[C@H](C)C(=O)NCc1nc2ccccc2s1. The number of rotatable bonds is 6. The predicted octanol–water partition coefficient (Wildman–Crippen LogP) is 1.63. The van der Waals surface area contributed by atoms with Gasteiger partial charge < -0.3 is 5.32 Å². The molecule has 0 aliphatic rings. The Kier molecular flexibility index (Phi) is 5.31. The Bertz CT molecular complexity index is 1070. The smallest absolute Gasteiger partial charge is 0.244 e. The minimum absolute atomic E-state index is 0.107. The fourth-order valence-electron chi connectivity index (χ4n) is 2.80. The maximum absolute atomic E-state index is 12.6. The number of thiazole rings is 1. The lowest BCUT2D eigenvalue weighted by molar-refractivity contribution is -0.122. The van der Waals surface area contributed by atoms with E-state index in [1.165, 1.54) is 22.9 Å². The summed E-state index contributed by atoms with van der Waals surface area (Å²) >= 11 is 1.49. The van der Waals surface area contributed by atoms with Crippen molar-refractivity contribution in [2.75, 3.05) is 0 Å². The third kappa shape index (κ3) is 4.02. The van der Waals surface area contributed by atoms with Gasteiger partial charge in [0.2, 0.25) is 15.9 Å². The summed E-state index contributed by atoms with van der Waals surface area (Å²) in [5.74, 6) is -0.419. The monoisotopic (exact) mass is 407 g/mol. The molecule has 1 amide bonds. The third-order valence-electron chi connectivity index (χ3n) is 4.19. The van der Waals surface area contributed by atoms with E-state index in [0.717, 1.165) is 15.2 Å². The highest BCUT2D eigenvalue weighted by Crippen LogP contribution is 2.21. The largest absolute Gasteiger partial charge is 0.348 e. The van der Waals surface area contributed by atoms with Crippen molar-refractivity contribution < 1.29 is 13.2 Å².